The van der Waals surface area contributed by atoms with Gasteiger partial charge in [0, 0.05) is 0 Å². The molecule has 2 aromatic rings. The molecule has 0 fully saturated rings. The molecule has 0 bridgehead atoms. The number of hydrogen-bond acceptors (Lipinski definition) is 2. The fraction of sp³-hybridized carbons (Fsp3) is 0.357. The van der Waals surface area contributed by atoms with Crippen molar-refractivity contribution in [1.29, 1.82) is 0 Å². The predicted octanol–water partition coefficient (Wildman–Crippen LogP) is 3.76. The summed E-state index contributed by atoms with van der Waals surface area (Å²) in [7, 11) is 0. The molecule has 1 heterocycles. The molecule has 1 atom stereocenters. The van der Waals surface area contributed by atoms with Crippen LogP contribution in [-0.4, -0.2) is 9.78 Å². The monoisotopic (exact) mass is 307 g/mol. The quantitative estimate of drug-likeness (QED) is 0.918. The van der Waals surface area contributed by atoms with Crippen molar-refractivity contribution in [2.75, 3.05) is 5.73 Å². The minimum atomic E-state index is 0.133. The number of anilines is 1. The second-order valence-corrected chi connectivity index (χ2v) is 5.62. The average molecular weight is 308 g/mol. The highest BCUT2D eigenvalue weighted by atomic mass is 79.9. The van der Waals surface area contributed by atoms with Crippen LogP contribution in [0.5, 0.6) is 0 Å². The van der Waals surface area contributed by atoms with E-state index in [1.807, 2.05) is 11.6 Å². The summed E-state index contributed by atoms with van der Waals surface area (Å²) in [6.07, 6.45) is 0. The van der Waals surface area contributed by atoms with Crippen molar-refractivity contribution < 1.29 is 0 Å². The van der Waals surface area contributed by atoms with E-state index < -0.39 is 0 Å². The SMILES string of the molecule is Cc1cc(C)cc(C(C)n2nc(C)c(Br)c2N)c1. The molecule has 0 aliphatic heterocycles. The van der Waals surface area contributed by atoms with Crippen molar-refractivity contribution >= 4 is 21.7 Å². The van der Waals surface area contributed by atoms with Crippen LogP contribution in [0.2, 0.25) is 0 Å². The van der Waals surface area contributed by atoms with E-state index in [4.69, 9.17) is 5.73 Å². The zero-order valence-corrected chi connectivity index (χ0v) is 12.7. The second kappa shape index (κ2) is 4.76. The summed E-state index contributed by atoms with van der Waals surface area (Å²) in [5.41, 5.74) is 10.7. The van der Waals surface area contributed by atoms with Crippen LogP contribution < -0.4 is 5.73 Å². The highest BCUT2D eigenvalue weighted by Gasteiger charge is 2.16. The Bertz CT molecular complexity index is 567. The van der Waals surface area contributed by atoms with E-state index in [9.17, 15) is 0 Å². The molecule has 2 N–H and O–H groups in total. The lowest BCUT2D eigenvalue weighted by Gasteiger charge is -2.16. The molecule has 0 amide bonds. The Labute approximate surface area is 116 Å². The molecule has 0 aliphatic carbocycles. The molecule has 1 aromatic heterocycles. The minimum Gasteiger partial charge on any atom is -0.383 e. The van der Waals surface area contributed by atoms with Crippen LogP contribution in [0.1, 0.15) is 35.3 Å². The van der Waals surface area contributed by atoms with E-state index >= 15 is 0 Å². The number of nitrogen functional groups attached to an aromatic ring is 1. The lowest BCUT2D eigenvalue weighted by molar-refractivity contribution is 0.568. The highest BCUT2D eigenvalue weighted by Crippen LogP contribution is 2.29. The summed E-state index contributed by atoms with van der Waals surface area (Å²) in [6, 6.07) is 6.67. The zero-order chi connectivity index (χ0) is 13.4. The maximum Gasteiger partial charge on any atom is 0.137 e. The zero-order valence-electron chi connectivity index (χ0n) is 11.2. The van der Waals surface area contributed by atoms with Gasteiger partial charge in [-0.1, -0.05) is 29.3 Å². The van der Waals surface area contributed by atoms with Crippen LogP contribution in [0.15, 0.2) is 22.7 Å². The van der Waals surface area contributed by atoms with Crippen LogP contribution in [-0.2, 0) is 0 Å². The summed E-state index contributed by atoms with van der Waals surface area (Å²) in [4.78, 5) is 0. The first-order chi connectivity index (χ1) is 8.40. The van der Waals surface area contributed by atoms with Gasteiger partial charge < -0.3 is 5.73 Å². The molecular formula is C14H18BrN3. The molecule has 0 saturated heterocycles. The van der Waals surface area contributed by atoms with Gasteiger partial charge in [-0.15, -0.1) is 0 Å². The number of aryl methyl sites for hydroxylation is 3. The van der Waals surface area contributed by atoms with E-state index in [1.165, 1.54) is 16.7 Å². The summed E-state index contributed by atoms with van der Waals surface area (Å²) in [5, 5.41) is 4.49. The van der Waals surface area contributed by atoms with Crippen molar-refractivity contribution in [1.82, 2.24) is 9.78 Å². The summed E-state index contributed by atoms with van der Waals surface area (Å²) in [6.45, 7) is 8.28. The van der Waals surface area contributed by atoms with Gasteiger partial charge in [0.2, 0.25) is 0 Å². The number of rotatable bonds is 2. The van der Waals surface area contributed by atoms with Crippen molar-refractivity contribution in [2.45, 2.75) is 33.7 Å². The van der Waals surface area contributed by atoms with Crippen molar-refractivity contribution in [3.63, 3.8) is 0 Å². The predicted molar refractivity (Wildman–Crippen MR) is 78.8 cm³/mol. The topological polar surface area (TPSA) is 43.8 Å². The van der Waals surface area contributed by atoms with Gasteiger partial charge >= 0.3 is 0 Å². The Morgan fingerprint density at radius 1 is 1.17 bits per heavy atom. The van der Waals surface area contributed by atoms with Gasteiger partial charge in [0.1, 0.15) is 5.82 Å². The van der Waals surface area contributed by atoms with Gasteiger partial charge in [0.25, 0.3) is 0 Å². The number of aromatic nitrogens is 2. The van der Waals surface area contributed by atoms with E-state index in [1.54, 1.807) is 0 Å². The summed E-state index contributed by atoms with van der Waals surface area (Å²) >= 11 is 3.46. The maximum atomic E-state index is 6.07. The largest absolute Gasteiger partial charge is 0.383 e. The van der Waals surface area contributed by atoms with Crippen molar-refractivity contribution in [3.8, 4) is 0 Å². The van der Waals surface area contributed by atoms with Gasteiger partial charge in [0.05, 0.1) is 16.2 Å². The van der Waals surface area contributed by atoms with E-state index in [0.717, 1.165) is 10.2 Å². The van der Waals surface area contributed by atoms with Crippen LogP contribution in [0, 0.1) is 20.8 Å². The third-order valence-electron chi connectivity index (χ3n) is 3.14. The lowest BCUT2D eigenvalue weighted by atomic mass is 10.0. The first kappa shape index (κ1) is 13.1. The molecule has 0 saturated carbocycles. The molecule has 0 spiro atoms. The smallest absolute Gasteiger partial charge is 0.137 e. The highest BCUT2D eigenvalue weighted by molar-refractivity contribution is 9.10. The van der Waals surface area contributed by atoms with Crippen LogP contribution in [0.4, 0.5) is 5.82 Å². The van der Waals surface area contributed by atoms with Crippen molar-refractivity contribution in [3.05, 3.63) is 45.1 Å². The fourth-order valence-electron chi connectivity index (χ4n) is 2.23. The number of nitrogens with two attached hydrogens (primary N) is 1. The van der Waals surface area contributed by atoms with Gasteiger partial charge in [-0.25, -0.2) is 4.68 Å². The van der Waals surface area contributed by atoms with E-state index in [0.29, 0.717) is 5.82 Å². The molecular weight excluding hydrogens is 290 g/mol. The molecule has 4 heteroatoms. The Balaban J connectivity index is 2.47. The Morgan fingerprint density at radius 3 is 2.17 bits per heavy atom. The average Bonchev–Trinajstić information content (AvgIpc) is 2.55. The summed E-state index contributed by atoms with van der Waals surface area (Å²) in [5.74, 6) is 0.680. The van der Waals surface area contributed by atoms with Gasteiger partial charge in [0.15, 0.2) is 0 Å². The molecule has 96 valence electrons. The minimum absolute atomic E-state index is 0.133. The van der Waals surface area contributed by atoms with Crippen molar-refractivity contribution in [2.24, 2.45) is 0 Å². The molecule has 2 rings (SSSR count). The third-order valence-corrected chi connectivity index (χ3v) is 4.12. The molecule has 3 nitrogen and oxygen atoms in total. The normalized spacial score (nSPS) is 12.7. The van der Waals surface area contributed by atoms with Crippen LogP contribution in [0.25, 0.3) is 0 Å². The molecule has 0 radical (unpaired) electrons. The number of halogens is 1. The third kappa shape index (κ3) is 2.29. The molecule has 0 aliphatic rings. The van der Waals surface area contributed by atoms with Gasteiger partial charge in [-0.05, 0) is 49.2 Å². The van der Waals surface area contributed by atoms with Crippen LogP contribution >= 0.6 is 15.9 Å². The standard InChI is InChI=1S/C14H18BrN3/c1-8-5-9(2)7-12(6-8)11(4)18-14(16)13(15)10(3)17-18/h5-7,11H,16H2,1-4H3. The second-order valence-electron chi connectivity index (χ2n) is 4.83. The lowest BCUT2D eigenvalue weighted by Crippen LogP contribution is -2.12. The van der Waals surface area contributed by atoms with E-state index in [-0.39, 0.29) is 6.04 Å². The number of nitrogens with zero attached hydrogens (tertiary/aromatic N) is 2. The number of hydrogen-bond donors (Lipinski definition) is 1. The number of benzene rings is 1. The Hall–Kier alpha value is -1.29. The van der Waals surface area contributed by atoms with Gasteiger partial charge in [-0.2, -0.15) is 5.10 Å². The van der Waals surface area contributed by atoms with Gasteiger partial charge in [-0.3, -0.25) is 0 Å². The first-order valence-corrected chi connectivity index (χ1v) is 6.77. The Morgan fingerprint density at radius 2 is 1.72 bits per heavy atom. The molecule has 1 aromatic carbocycles. The van der Waals surface area contributed by atoms with Crippen LogP contribution in [0.3, 0.4) is 0 Å². The fourth-order valence-corrected chi connectivity index (χ4v) is 2.49. The maximum absolute atomic E-state index is 6.07. The molecule has 18 heavy (non-hydrogen) atoms. The summed E-state index contributed by atoms with van der Waals surface area (Å²) < 4.78 is 2.76. The molecule has 1 unspecified atom stereocenters. The first-order valence-electron chi connectivity index (χ1n) is 5.98. The Kier molecular flexibility index (Phi) is 3.48. The van der Waals surface area contributed by atoms with E-state index in [2.05, 4.69) is 60.0 Å².